The third kappa shape index (κ3) is 14.7. The summed E-state index contributed by atoms with van der Waals surface area (Å²) < 4.78 is 830. The van der Waals surface area contributed by atoms with Crippen molar-refractivity contribution in [1.29, 1.82) is 0 Å². The maximum absolute atomic E-state index is 10.1. The van der Waals surface area contributed by atoms with Gasteiger partial charge >= 0.3 is 0 Å². The second kappa shape index (κ2) is 36.0. The summed E-state index contributed by atoms with van der Waals surface area (Å²) in [5.41, 5.74) is -24.5. The molecule has 0 aliphatic heterocycles. The monoisotopic (exact) mass is 1960 g/mol. The van der Waals surface area contributed by atoms with Crippen LogP contribution in [0.2, 0.25) is 0 Å². The first-order valence-corrected chi connectivity index (χ1v) is 43.2. The fraction of sp³-hybridized carbons (Fsp3) is 0. The van der Waals surface area contributed by atoms with E-state index >= 15 is 0 Å². The van der Waals surface area contributed by atoms with Crippen molar-refractivity contribution in [3.63, 3.8) is 0 Å². The molecule has 147 heavy (non-hydrogen) atoms. The molecule has 3 heteroatoms. The van der Waals surface area contributed by atoms with Crippen LogP contribution in [0.5, 0.6) is 0 Å². The van der Waals surface area contributed by atoms with E-state index in [-0.39, 0.29) is 0 Å². The average molecular weight is 1960 g/mol. The second-order valence-corrected chi connectivity index (χ2v) is 31.5. The van der Waals surface area contributed by atoms with E-state index in [2.05, 4.69) is 0 Å². The number of hydrogen-bond donors (Lipinski definition) is 0. The Kier molecular flexibility index (Phi) is 8.39. The Morgan fingerprint density at radius 1 is 0.116 bits per heavy atom. The van der Waals surface area contributed by atoms with Gasteiger partial charge in [0.2, 0.25) is 0 Å². The summed E-state index contributed by atoms with van der Waals surface area (Å²) in [5.74, 6) is 0. The van der Waals surface area contributed by atoms with Crippen LogP contribution in [0.4, 0.5) is 0 Å². The average Bonchev–Trinajstić information content (AvgIpc) is 1.67. The first kappa shape index (κ1) is 34.2. The Bertz CT molecular complexity index is 16000. The van der Waals surface area contributed by atoms with Gasteiger partial charge in [-0.3, -0.25) is 0 Å². The highest BCUT2D eigenvalue weighted by molar-refractivity contribution is 6.32. The van der Waals surface area contributed by atoms with Crippen molar-refractivity contribution in [2.45, 2.75) is 0 Å². The van der Waals surface area contributed by atoms with Gasteiger partial charge in [0.05, 0.1) is 123 Å². The fourth-order valence-corrected chi connectivity index (χ4v) is 17.6. The van der Waals surface area contributed by atoms with Crippen LogP contribution in [0.25, 0.3) is 296 Å². The van der Waals surface area contributed by atoms with Crippen LogP contribution in [-0.4, -0.2) is 0 Å². The number of furan rings is 3. The van der Waals surface area contributed by atoms with Crippen LogP contribution in [0.15, 0.2) is 557 Å². The molecule has 0 atom stereocenters. The predicted molar refractivity (Wildman–Crippen MR) is 624 cm³/mol. The first-order valence-electron chi connectivity index (χ1n) is 88.2. The molecule has 0 unspecified atom stereocenters. The Morgan fingerprint density at radius 3 is 0.653 bits per heavy atom. The van der Waals surface area contributed by atoms with Gasteiger partial charge in [0, 0.05) is 48.5 Å². The summed E-state index contributed by atoms with van der Waals surface area (Å²) in [5, 5.41) is -16.1. The summed E-state index contributed by atoms with van der Waals surface area (Å²) in [6, 6.07) is -89.1. The number of hydrogen-bond acceptors (Lipinski definition) is 3. The van der Waals surface area contributed by atoms with Crippen molar-refractivity contribution in [3.05, 3.63) is 544 Å². The van der Waals surface area contributed by atoms with Crippen LogP contribution < -0.4 is 0 Å². The minimum Gasteiger partial charge on any atom is -0.455 e. The SMILES string of the molecule is [2H]c1c([2H])c([2H])c(-c2c([2H])c(-c3c([2H])c([2H])c([2H])c([2H])c3[2H])c([2H])c(-c3c4c([2H])c([2H])c([2H])c([2H])c4c(-c4c([2H])c([2H])c([2H])c5oc6c7c([2H])c([2H])c([2H])c([2H])c7c([2H])c([2H])c6c45)c4c([2H])c([2H])c([2H])c([2H])c34)c2[2H])c([2H])c1[2H].[2H]c1c([2H])c([2H])c(-c2c([2H])c([2H])c(-c3c([2H])c([2H])c(-c4c5c([2H])c([2H])c([2H])c([2H])c5c(-c5c([2H])c([2H])c([2H])c6oc7c8c([2H])c([2H])c([2H])c([2H])c8c([2H])c([2H])c7c56)c5c([2H])c([2H])c([2H])c([2H])c45)c([2H])c3[2H])c([2H])c2[2H])c([2H])c1[2H].[2H]c1c([2H])c([2H])c(-c2c([2H])c([2H])c(-c3c4c([2H])c([2H])c([2H])c([2H])c4c(-c4c([2H])c([2H])c([2H])c5oc6c7c([2H])c([2H])c([2H])c([2H])c7c([2H])c([2H])c6c45)c4c([2H])c([2H])c([2H])c([2H])c34)c([2H])c2-c2c([2H])c([2H])c([2H])c([2H])c2[2H])c([2H])c1[2H]. The highest BCUT2D eigenvalue weighted by Gasteiger charge is 2.28. The van der Waals surface area contributed by atoms with Gasteiger partial charge < -0.3 is 13.3 Å². The van der Waals surface area contributed by atoms with Crippen molar-refractivity contribution >= 4 is 163 Å². The van der Waals surface area contributed by atoms with Crippen molar-refractivity contribution in [2.24, 2.45) is 0 Å². The van der Waals surface area contributed by atoms with Gasteiger partial charge in [0.15, 0.2) is 0 Å². The van der Waals surface area contributed by atoms with Crippen molar-refractivity contribution < 1.29 is 137 Å². The lowest BCUT2D eigenvalue weighted by atomic mass is 9.83. The van der Waals surface area contributed by atoms with E-state index in [9.17, 15) is 38.4 Å². The van der Waals surface area contributed by atoms with Crippen LogP contribution in [0.3, 0.4) is 0 Å². The summed E-state index contributed by atoms with van der Waals surface area (Å²) in [6.45, 7) is 0. The molecule has 0 amide bonds. The zero-order valence-electron chi connectivity index (χ0n) is 163. The Balaban J connectivity index is 0.000000152. The zero-order valence-corrected chi connectivity index (χ0v) is 73.2. The normalized spacial score (nSPS) is 20.2. The van der Waals surface area contributed by atoms with E-state index in [1.165, 1.54) is 0 Å². The van der Waals surface area contributed by atoms with E-state index in [0.717, 1.165) is 0 Å². The zero-order chi connectivity index (χ0) is 175. The molecule has 27 aromatic carbocycles. The minimum atomic E-state index is -1.20. The van der Waals surface area contributed by atoms with Crippen molar-refractivity contribution in [3.8, 4) is 134 Å². The Morgan fingerprint density at radius 2 is 0.340 bits per heavy atom. The van der Waals surface area contributed by atoms with Gasteiger partial charge in [-0.05, 0) is 275 Å². The molecule has 0 radical (unpaired) electrons. The van der Waals surface area contributed by atoms with Crippen LogP contribution >= 0.6 is 0 Å². The van der Waals surface area contributed by atoms with Crippen LogP contribution in [0.1, 0.15) is 123 Å². The third-order valence-corrected chi connectivity index (χ3v) is 23.7. The minimum absolute atomic E-state index is 0.472. The van der Waals surface area contributed by atoms with Crippen LogP contribution in [-0.2, 0) is 0 Å². The molecule has 0 N–H and O–H groups in total. The molecule has 0 bridgehead atoms. The van der Waals surface area contributed by atoms with Gasteiger partial charge in [0.1, 0.15) is 33.5 Å². The molecular weight excluding hydrogens is 1780 g/mol. The van der Waals surface area contributed by atoms with E-state index in [0.29, 0.717) is 0 Å². The van der Waals surface area contributed by atoms with Gasteiger partial charge in [0.25, 0.3) is 0 Å². The van der Waals surface area contributed by atoms with Gasteiger partial charge in [-0.25, -0.2) is 0 Å². The fourth-order valence-electron chi connectivity index (χ4n) is 17.6. The van der Waals surface area contributed by atoms with E-state index in [1.54, 1.807) is 0 Å². The van der Waals surface area contributed by atoms with Crippen LogP contribution in [0, 0.1) is 0 Å². The molecule has 30 aromatic rings. The molecule has 3 aromatic heterocycles. The molecule has 0 aliphatic rings. The molecule has 0 spiro atoms. The third-order valence-electron chi connectivity index (χ3n) is 23.7. The van der Waals surface area contributed by atoms with E-state index in [4.69, 9.17) is 98.2 Å². The number of fused-ring (bicyclic) bond motifs is 21. The summed E-state index contributed by atoms with van der Waals surface area (Å²) >= 11 is 0. The molecule has 0 aliphatic carbocycles. The van der Waals surface area contributed by atoms with Gasteiger partial charge in [-0.1, -0.05) is 483 Å². The number of benzene rings is 27. The lowest BCUT2D eigenvalue weighted by Crippen LogP contribution is -1.92. The van der Waals surface area contributed by atoms with E-state index < -0.39 is 840 Å². The second-order valence-electron chi connectivity index (χ2n) is 31.5. The first-order chi connectivity index (χ1) is 110. The quantitative estimate of drug-likeness (QED) is 0.114. The summed E-state index contributed by atoms with van der Waals surface area (Å²) in [4.78, 5) is 0. The molecule has 3 nitrogen and oxygen atoms in total. The maximum Gasteiger partial charge on any atom is 0.143 e. The smallest absolute Gasteiger partial charge is 0.143 e. The Hall–Kier alpha value is -19.3. The lowest BCUT2D eigenvalue weighted by molar-refractivity contribution is 0.672. The summed E-state index contributed by atoms with van der Waals surface area (Å²) in [6.07, 6.45) is 0. The van der Waals surface area contributed by atoms with Crippen molar-refractivity contribution in [2.75, 3.05) is 0 Å². The largest absolute Gasteiger partial charge is 0.455 e. The van der Waals surface area contributed by atoms with E-state index in [1.807, 2.05) is 0 Å². The summed E-state index contributed by atoms with van der Waals surface area (Å²) in [7, 11) is 0. The molecule has 0 saturated heterocycles. The number of rotatable bonds is 12. The highest BCUT2D eigenvalue weighted by atomic mass is 16.3. The molecule has 30 rings (SSSR count). The molecular formula is C144H90O3. The maximum atomic E-state index is 10.1. The molecule has 0 fully saturated rings. The van der Waals surface area contributed by atoms with Crippen molar-refractivity contribution in [1.82, 2.24) is 0 Å². The van der Waals surface area contributed by atoms with Gasteiger partial charge in [-0.2, -0.15) is 0 Å². The Labute approximate surface area is 975 Å². The lowest BCUT2D eigenvalue weighted by Gasteiger charge is -2.19. The van der Waals surface area contributed by atoms with Gasteiger partial charge in [-0.15, -0.1) is 0 Å². The topological polar surface area (TPSA) is 39.4 Å². The molecule has 684 valence electrons. The molecule has 0 saturated carbocycles. The standard InChI is InChI=1S/3C48H30O/c1-3-14-31(15-4-1)35-28-27-34(30-43(35)32-16-5-2-6-17-32)45-37-20-9-11-22-39(37)46(40-23-12-10-21-38(40)45)41-24-13-25-44-47(41)42-29-26-33-18-7-8-19-36(33)48(42)49-44;1-3-14-31(15-4-1)34-28-35(32-16-5-2-6-17-32)30-36(29-34)45-38-20-9-11-22-40(38)46(41-23-12-10-21-39(41)45)42-24-13-25-44-47(42)43-27-26-33-18-7-8-19-37(33)48(43)49-44;1-2-11-31(12-3-1)32-21-23-33(24-22-32)34-25-27-36(28-26-34)45-38-15-6-8-17-40(38)46(41-18-9-7-16-39(41)45)42-19-10-20-44-47(42)43-30-29-35-13-4-5-14-37(35)48(43)49-44/h3*1-30H/i3*1D,2D,3D,4D,5D,6D,7D,8D,9D,10D,11D,12D,13D,14D,15D,16D,17D,18D,19D,20D,21D,22D,23D,24D,25D,26D,27D,28D,29D,30D. The molecule has 3 heterocycles. The predicted octanol–water partition coefficient (Wildman–Crippen LogP) is 41.1. The highest BCUT2D eigenvalue weighted by Crippen LogP contribution is 2.55.